The van der Waals surface area contributed by atoms with Gasteiger partial charge in [0.25, 0.3) is 0 Å². The van der Waals surface area contributed by atoms with E-state index >= 15 is 0 Å². The van der Waals surface area contributed by atoms with E-state index < -0.39 is 5.82 Å². The summed E-state index contributed by atoms with van der Waals surface area (Å²) in [5.41, 5.74) is 7.25. The number of amides is 1. The molecule has 1 aliphatic rings. The second-order valence-electron chi connectivity index (χ2n) is 6.66. The maximum atomic E-state index is 14.4. The van der Waals surface area contributed by atoms with Gasteiger partial charge >= 0.3 is 0 Å². The Morgan fingerprint density at radius 3 is 2.52 bits per heavy atom. The van der Waals surface area contributed by atoms with Gasteiger partial charge in [-0.25, -0.2) is 4.39 Å². The molecule has 0 saturated heterocycles. The molecule has 27 heavy (non-hydrogen) atoms. The molecule has 0 radical (unpaired) electrons. The lowest BCUT2D eigenvalue weighted by molar-refractivity contribution is -0.119. The number of methoxy groups -OCH3 is 1. The van der Waals surface area contributed by atoms with E-state index in [1.54, 1.807) is 12.1 Å². The van der Waals surface area contributed by atoms with Crippen LogP contribution < -0.4 is 20.5 Å². The van der Waals surface area contributed by atoms with Crippen molar-refractivity contribution in [1.82, 2.24) is 0 Å². The van der Waals surface area contributed by atoms with Crippen molar-refractivity contribution in [2.75, 3.05) is 12.4 Å². The zero-order valence-electron chi connectivity index (χ0n) is 15.3. The van der Waals surface area contributed by atoms with Crippen LogP contribution in [0, 0.1) is 18.7 Å². The minimum Gasteiger partial charge on any atom is -0.493 e. The van der Waals surface area contributed by atoms with Gasteiger partial charge in [0.2, 0.25) is 5.91 Å². The topological polar surface area (TPSA) is 73.6 Å². The summed E-state index contributed by atoms with van der Waals surface area (Å²) < 4.78 is 25.3. The molecule has 3 N–H and O–H groups in total. The fourth-order valence-corrected chi connectivity index (χ4v) is 3.14. The van der Waals surface area contributed by atoms with Gasteiger partial charge in [-0.2, -0.15) is 0 Å². The Morgan fingerprint density at radius 1 is 1.15 bits per heavy atom. The normalized spacial score (nSPS) is 18.5. The van der Waals surface area contributed by atoms with Crippen molar-refractivity contribution in [2.24, 2.45) is 11.7 Å². The molecule has 3 rings (SSSR count). The van der Waals surface area contributed by atoms with Crippen LogP contribution in [-0.2, 0) is 4.79 Å². The van der Waals surface area contributed by atoms with Crippen molar-refractivity contribution in [3.05, 3.63) is 47.8 Å². The quantitative estimate of drug-likeness (QED) is 0.787. The van der Waals surface area contributed by atoms with Gasteiger partial charge in [0.05, 0.1) is 7.11 Å². The van der Waals surface area contributed by atoms with Crippen LogP contribution in [0.15, 0.2) is 36.4 Å². The molecule has 0 aromatic heterocycles. The number of ether oxygens (including phenoxy) is 2. The highest BCUT2D eigenvalue weighted by atomic mass is 35.5. The van der Waals surface area contributed by atoms with E-state index in [0.717, 1.165) is 18.4 Å². The second kappa shape index (κ2) is 9.06. The Balaban J connectivity index is 0.00000261. The van der Waals surface area contributed by atoms with Gasteiger partial charge in [0.1, 0.15) is 0 Å². The van der Waals surface area contributed by atoms with Crippen LogP contribution in [-0.4, -0.2) is 19.1 Å². The number of anilines is 1. The molecule has 2 aromatic carbocycles. The van der Waals surface area contributed by atoms with E-state index in [2.05, 4.69) is 5.32 Å². The third kappa shape index (κ3) is 5.11. The monoisotopic (exact) mass is 394 g/mol. The van der Waals surface area contributed by atoms with Gasteiger partial charge in [0, 0.05) is 23.7 Å². The number of benzene rings is 2. The highest BCUT2D eigenvalue weighted by molar-refractivity contribution is 5.92. The molecule has 146 valence electrons. The molecule has 0 spiro atoms. The van der Waals surface area contributed by atoms with Gasteiger partial charge in [-0.1, -0.05) is 6.07 Å². The molecular weight excluding hydrogens is 371 g/mol. The third-order valence-electron chi connectivity index (χ3n) is 4.58. The van der Waals surface area contributed by atoms with E-state index in [4.69, 9.17) is 15.2 Å². The van der Waals surface area contributed by atoms with Crippen LogP contribution in [0.1, 0.15) is 24.8 Å². The smallest absolute Gasteiger partial charge is 0.227 e. The lowest BCUT2D eigenvalue weighted by Crippen LogP contribution is -2.23. The molecule has 2 unspecified atom stereocenters. The predicted octanol–water partition coefficient (Wildman–Crippen LogP) is 4.42. The maximum absolute atomic E-state index is 14.4. The SMILES string of the molecule is COc1cc(C)ccc1Oc1ccc(NC(=O)C2CCC(N)C2)cc1F.Cl. The number of halogens is 2. The standard InChI is InChI=1S/C20H23FN2O3.ClH/c1-12-3-7-18(19(9-12)25-2)26-17-8-6-15(11-16(17)21)23-20(24)13-4-5-14(22)10-13;/h3,6-9,11,13-14H,4-5,10,22H2,1-2H3,(H,23,24);1H. The number of carbonyl (C=O) groups is 1. The second-order valence-corrected chi connectivity index (χ2v) is 6.66. The average Bonchev–Trinajstić information content (AvgIpc) is 3.05. The van der Waals surface area contributed by atoms with Crippen LogP contribution in [0.5, 0.6) is 17.2 Å². The number of hydrogen-bond acceptors (Lipinski definition) is 4. The molecule has 5 nitrogen and oxygen atoms in total. The summed E-state index contributed by atoms with van der Waals surface area (Å²) >= 11 is 0. The molecule has 0 aliphatic heterocycles. The van der Waals surface area contributed by atoms with Crippen molar-refractivity contribution >= 4 is 24.0 Å². The van der Waals surface area contributed by atoms with Crippen molar-refractivity contribution in [3.63, 3.8) is 0 Å². The summed E-state index contributed by atoms with van der Waals surface area (Å²) in [6, 6.07) is 9.83. The number of rotatable bonds is 5. The van der Waals surface area contributed by atoms with E-state index in [0.29, 0.717) is 23.6 Å². The fourth-order valence-electron chi connectivity index (χ4n) is 3.14. The van der Waals surface area contributed by atoms with E-state index in [1.165, 1.54) is 19.2 Å². The lowest BCUT2D eigenvalue weighted by atomic mass is 10.1. The van der Waals surface area contributed by atoms with E-state index in [-0.39, 0.29) is 36.0 Å². The van der Waals surface area contributed by atoms with Crippen LogP contribution in [0.4, 0.5) is 10.1 Å². The van der Waals surface area contributed by atoms with Crippen molar-refractivity contribution in [3.8, 4) is 17.2 Å². The van der Waals surface area contributed by atoms with Gasteiger partial charge in [-0.15, -0.1) is 12.4 Å². The largest absolute Gasteiger partial charge is 0.493 e. The van der Waals surface area contributed by atoms with Crippen LogP contribution in [0.2, 0.25) is 0 Å². The van der Waals surface area contributed by atoms with Crippen molar-refractivity contribution in [2.45, 2.75) is 32.2 Å². The Bertz CT molecular complexity index is 816. The maximum Gasteiger partial charge on any atom is 0.227 e. The summed E-state index contributed by atoms with van der Waals surface area (Å²) in [7, 11) is 1.53. The summed E-state index contributed by atoms with van der Waals surface area (Å²) in [6.45, 7) is 1.93. The summed E-state index contributed by atoms with van der Waals surface area (Å²) in [4.78, 5) is 12.2. The van der Waals surface area contributed by atoms with Gasteiger partial charge < -0.3 is 20.5 Å². The molecule has 1 fully saturated rings. The molecule has 0 bridgehead atoms. The van der Waals surface area contributed by atoms with Crippen molar-refractivity contribution < 1.29 is 18.7 Å². The lowest BCUT2D eigenvalue weighted by Gasteiger charge is -2.14. The molecule has 0 heterocycles. The molecule has 1 amide bonds. The zero-order valence-corrected chi connectivity index (χ0v) is 16.1. The first-order valence-corrected chi connectivity index (χ1v) is 8.64. The van der Waals surface area contributed by atoms with Crippen LogP contribution in [0.3, 0.4) is 0 Å². The summed E-state index contributed by atoms with van der Waals surface area (Å²) in [5.74, 6) is 0.224. The number of nitrogens with one attached hydrogen (secondary N) is 1. The van der Waals surface area contributed by atoms with E-state index in [1.807, 2.05) is 19.1 Å². The first-order chi connectivity index (χ1) is 12.5. The minimum absolute atomic E-state index is 0. The molecule has 1 aliphatic carbocycles. The number of hydrogen-bond donors (Lipinski definition) is 2. The van der Waals surface area contributed by atoms with Gasteiger partial charge in [-0.3, -0.25) is 4.79 Å². The zero-order chi connectivity index (χ0) is 18.7. The Kier molecular flexibility index (Phi) is 7.05. The Hall–Kier alpha value is -2.31. The minimum atomic E-state index is -0.562. The predicted molar refractivity (Wildman–Crippen MR) is 105 cm³/mol. The molecule has 7 heteroatoms. The summed E-state index contributed by atoms with van der Waals surface area (Å²) in [6.07, 6.45) is 2.28. The van der Waals surface area contributed by atoms with Gasteiger partial charge in [0.15, 0.2) is 23.1 Å². The van der Waals surface area contributed by atoms with Crippen LogP contribution >= 0.6 is 12.4 Å². The highest BCUT2D eigenvalue weighted by Gasteiger charge is 2.27. The van der Waals surface area contributed by atoms with Crippen LogP contribution in [0.25, 0.3) is 0 Å². The highest BCUT2D eigenvalue weighted by Crippen LogP contribution is 2.34. The first kappa shape index (κ1) is 21.0. The average molecular weight is 395 g/mol. The molecule has 2 atom stereocenters. The number of nitrogens with two attached hydrogens (primary N) is 1. The molecular formula is C20H24ClFN2O3. The third-order valence-corrected chi connectivity index (χ3v) is 4.58. The fraction of sp³-hybridized carbons (Fsp3) is 0.350. The first-order valence-electron chi connectivity index (χ1n) is 8.64. The van der Waals surface area contributed by atoms with Crippen molar-refractivity contribution in [1.29, 1.82) is 0 Å². The Morgan fingerprint density at radius 2 is 1.89 bits per heavy atom. The Labute approximate surface area is 164 Å². The molecule has 1 saturated carbocycles. The number of aryl methyl sites for hydroxylation is 1. The van der Waals surface area contributed by atoms with Gasteiger partial charge in [-0.05, 0) is 56.0 Å². The summed E-state index contributed by atoms with van der Waals surface area (Å²) in [5, 5.41) is 2.75. The van der Waals surface area contributed by atoms with E-state index in [9.17, 15) is 9.18 Å². The number of carbonyl (C=O) groups excluding carboxylic acids is 1. The molecule has 2 aromatic rings.